The van der Waals surface area contributed by atoms with Crippen molar-refractivity contribution in [1.82, 2.24) is 0 Å². The van der Waals surface area contributed by atoms with Gasteiger partial charge in [0.1, 0.15) is 10.9 Å². The fourth-order valence-corrected chi connectivity index (χ4v) is 0.772. The number of halogens is 1. The molecule has 0 aliphatic rings. The monoisotopic (exact) mass is 234 g/mol. The van der Waals surface area contributed by atoms with Gasteiger partial charge < -0.3 is 9.84 Å². The summed E-state index contributed by atoms with van der Waals surface area (Å²) in [7, 11) is 0. The van der Waals surface area contributed by atoms with Crippen molar-refractivity contribution in [2.45, 2.75) is 18.2 Å². The van der Waals surface area contributed by atoms with Gasteiger partial charge >= 0.3 is 11.9 Å². The van der Waals surface area contributed by atoms with Gasteiger partial charge in [-0.1, -0.05) is 21.9 Å². The molecule has 1 N–H and O–H groups in total. The molecule has 0 radical (unpaired) electrons. The Morgan fingerprint density at radius 1 is 1.67 bits per heavy atom. The van der Waals surface area contributed by atoms with Crippen molar-refractivity contribution < 1.29 is 19.4 Å². The Kier molecular flexibility index (Phi) is 5.13. The van der Waals surface area contributed by atoms with Crippen LogP contribution in [0, 0.1) is 12.0 Å². The van der Waals surface area contributed by atoms with E-state index < -0.39 is 16.8 Å². The van der Waals surface area contributed by atoms with E-state index in [0.717, 1.165) is 0 Å². The number of ether oxygens (including phenoxy) is 1. The van der Waals surface area contributed by atoms with Gasteiger partial charge in [-0.15, -0.1) is 0 Å². The maximum atomic E-state index is 10.8. The van der Waals surface area contributed by atoms with E-state index in [4.69, 9.17) is 5.11 Å². The van der Waals surface area contributed by atoms with Crippen LogP contribution in [0.1, 0.15) is 13.3 Å². The molecule has 0 bridgehead atoms. The fourth-order valence-electron chi connectivity index (χ4n) is 0.402. The minimum Gasteiger partial charge on any atom is -0.481 e. The Labute approximate surface area is 78.0 Å². The summed E-state index contributed by atoms with van der Waals surface area (Å²) in [5, 5.41) is 8.28. The highest BCUT2D eigenvalue weighted by Crippen LogP contribution is 2.06. The summed E-state index contributed by atoms with van der Waals surface area (Å²) in [6.45, 7) is 1.51. The van der Waals surface area contributed by atoms with E-state index in [1.54, 1.807) is 0 Å². The average molecular weight is 235 g/mol. The number of carboxylic acid groups (broad SMARTS) is 1. The molecule has 0 heterocycles. The van der Waals surface area contributed by atoms with Crippen LogP contribution >= 0.6 is 15.9 Å². The molecule has 0 aromatic rings. The fraction of sp³-hybridized carbons (Fsp3) is 0.429. The second-order valence-electron chi connectivity index (χ2n) is 1.84. The third-order valence-corrected chi connectivity index (χ3v) is 1.56. The van der Waals surface area contributed by atoms with Crippen LogP contribution in [0.5, 0.6) is 0 Å². The van der Waals surface area contributed by atoms with E-state index in [-0.39, 0.29) is 6.42 Å². The van der Waals surface area contributed by atoms with Crippen molar-refractivity contribution in [3.63, 3.8) is 0 Å². The van der Waals surface area contributed by atoms with Gasteiger partial charge in [-0.05, 0) is 0 Å². The van der Waals surface area contributed by atoms with E-state index in [0.29, 0.717) is 0 Å². The van der Waals surface area contributed by atoms with Crippen LogP contribution in [0.2, 0.25) is 0 Å². The summed E-state index contributed by atoms with van der Waals surface area (Å²) in [6, 6.07) is 0. The number of aliphatic carboxylic acids is 1. The maximum Gasteiger partial charge on any atom is 0.334 e. The largest absolute Gasteiger partial charge is 0.481 e. The molecule has 5 heteroatoms. The van der Waals surface area contributed by atoms with Crippen molar-refractivity contribution >= 4 is 27.9 Å². The van der Waals surface area contributed by atoms with E-state index in [2.05, 4.69) is 32.7 Å². The molecule has 0 spiro atoms. The maximum absolute atomic E-state index is 10.8. The number of hydrogen-bond acceptors (Lipinski definition) is 3. The minimum absolute atomic E-state index is 0.315. The first-order valence-electron chi connectivity index (χ1n) is 3.06. The van der Waals surface area contributed by atoms with E-state index in [1.165, 1.54) is 6.92 Å². The van der Waals surface area contributed by atoms with E-state index >= 15 is 0 Å². The topological polar surface area (TPSA) is 63.6 Å². The van der Waals surface area contributed by atoms with Crippen molar-refractivity contribution in [2.24, 2.45) is 0 Å². The lowest BCUT2D eigenvalue weighted by molar-refractivity contribution is -0.142. The molecule has 0 aromatic carbocycles. The van der Waals surface area contributed by atoms with Crippen LogP contribution in [0.15, 0.2) is 0 Å². The van der Waals surface area contributed by atoms with Crippen LogP contribution < -0.4 is 0 Å². The summed E-state index contributed by atoms with van der Waals surface area (Å²) in [5.41, 5.74) is 0. The molecule has 0 rings (SSSR count). The predicted molar refractivity (Wildman–Crippen MR) is 44.5 cm³/mol. The van der Waals surface area contributed by atoms with Crippen molar-refractivity contribution in [1.29, 1.82) is 0 Å². The smallest absolute Gasteiger partial charge is 0.334 e. The Morgan fingerprint density at radius 2 is 2.25 bits per heavy atom. The first kappa shape index (κ1) is 11.0. The molecule has 0 fully saturated rings. The molecular formula is C7H7BrO4. The number of carbonyl (C=O) groups is 2. The summed E-state index contributed by atoms with van der Waals surface area (Å²) in [4.78, 5) is 20.1. The first-order valence-corrected chi connectivity index (χ1v) is 3.97. The normalized spacial score (nSPS) is 10.8. The lowest BCUT2D eigenvalue weighted by Gasteiger charge is -2.00. The number of rotatable bonds is 3. The summed E-state index contributed by atoms with van der Waals surface area (Å²) < 4.78 is 4.34. The Balaban J connectivity index is 3.90. The minimum atomic E-state index is -1.07. The number of esters is 1. The Morgan fingerprint density at radius 3 is 2.67 bits per heavy atom. The zero-order valence-electron chi connectivity index (χ0n) is 6.33. The number of hydrogen-bond donors (Lipinski definition) is 1. The van der Waals surface area contributed by atoms with Gasteiger partial charge in [0.15, 0.2) is 0 Å². The molecule has 0 aromatic heterocycles. The summed E-state index contributed by atoms with van der Waals surface area (Å²) in [6.07, 6.45) is 1.76. The van der Waals surface area contributed by atoms with Gasteiger partial charge in [0.05, 0.1) is 6.42 Å². The number of carboxylic acids is 1. The molecule has 0 aliphatic carbocycles. The second-order valence-corrected chi connectivity index (χ2v) is 2.94. The van der Waals surface area contributed by atoms with Gasteiger partial charge in [-0.2, -0.15) is 0 Å². The van der Waals surface area contributed by atoms with E-state index in [9.17, 15) is 9.59 Å². The number of carbonyl (C=O) groups excluding carboxylic acids is 1. The van der Waals surface area contributed by atoms with Gasteiger partial charge in [0, 0.05) is 6.92 Å². The average Bonchev–Trinajstić information content (AvgIpc) is 1.98. The van der Waals surface area contributed by atoms with Crippen LogP contribution in [-0.2, 0) is 14.3 Å². The second kappa shape index (κ2) is 5.61. The standard InChI is InChI=1S/C7H7BrO4/c1-2-3-12-7(11)5(8)4-6(9)10/h5H,4H2,1H3,(H,9,10). The predicted octanol–water partition coefficient (Wildman–Crippen LogP) is 0.749. The Hall–Kier alpha value is -1.02. The van der Waals surface area contributed by atoms with Gasteiger partial charge in [0.25, 0.3) is 0 Å². The molecule has 0 saturated heterocycles. The van der Waals surface area contributed by atoms with Gasteiger partial charge in [0.2, 0.25) is 0 Å². The lowest BCUT2D eigenvalue weighted by atomic mass is 10.3. The zero-order chi connectivity index (χ0) is 9.56. The molecular weight excluding hydrogens is 228 g/mol. The quantitative estimate of drug-likeness (QED) is 0.445. The molecule has 4 nitrogen and oxygen atoms in total. The highest BCUT2D eigenvalue weighted by Gasteiger charge is 2.19. The third-order valence-electron chi connectivity index (χ3n) is 0.863. The highest BCUT2D eigenvalue weighted by molar-refractivity contribution is 9.10. The molecule has 12 heavy (non-hydrogen) atoms. The van der Waals surface area contributed by atoms with Crippen molar-refractivity contribution in [2.75, 3.05) is 0 Å². The van der Waals surface area contributed by atoms with Crippen LogP contribution in [0.4, 0.5) is 0 Å². The van der Waals surface area contributed by atoms with Crippen molar-refractivity contribution in [3.05, 3.63) is 0 Å². The van der Waals surface area contributed by atoms with Crippen LogP contribution in [0.3, 0.4) is 0 Å². The molecule has 1 unspecified atom stereocenters. The third kappa shape index (κ3) is 4.74. The first-order chi connectivity index (χ1) is 5.57. The van der Waals surface area contributed by atoms with Crippen LogP contribution in [-0.4, -0.2) is 21.9 Å². The highest BCUT2D eigenvalue weighted by atomic mass is 79.9. The SMILES string of the molecule is CC#COC(=O)C(Br)CC(=O)O. The van der Waals surface area contributed by atoms with Crippen molar-refractivity contribution in [3.8, 4) is 12.0 Å². The summed E-state index contributed by atoms with van der Waals surface area (Å²) >= 11 is 2.85. The van der Waals surface area contributed by atoms with Gasteiger partial charge in [-0.3, -0.25) is 4.79 Å². The van der Waals surface area contributed by atoms with E-state index in [1.807, 2.05) is 0 Å². The molecule has 66 valence electrons. The molecule has 0 saturated carbocycles. The van der Waals surface area contributed by atoms with Crippen LogP contribution in [0.25, 0.3) is 0 Å². The summed E-state index contributed by atoms with van der Waals surface area (Å²) in [5.74, 6) is 0.586. The molecule has 1 atom stereocenters. The zero-order valence-corrected chi connectivity index (χ0v) is 7.92. The Bertz CT molecular complexity index is 238. The molecule has 0 aliphatic heterocycles. The lowest BCUT2D eigenvalue weighted by Crippen LogP contribution is -2.18. The number of alkyl halides is 1. The van der Waals surface area contributed by atoms with Gasteiger partial charge in [-0.25, -0.2) is 4.79 Å². The molecule has 0 amide bonds.